The molecule has 0 bridgehead atoms. The Kier molecular flexibility index (Phi) is 10.4. The Hall–Kier alpha value is -4.43. The van der Waals surface area contributed by atoms with Crippen molar-refractivity contribution in [3.8, 4) is 22.7 Å². The molecule has 4 heterocycles. The van der Waals surface area contributed by atoms with Gasteiger partial charge < -0.3 is 24.4 Å². The minimum atomic E-state index is -2.00. The zero-order valence-electron chi connectivity index (χ0n) is 29.9. The normalized spacial score (nSPS) is 15.7. The van der Waals surface area contributed by atoms with Crippen molar-refractivity contribution in [1.29, 1.82) is 0 Å². The molecule has 1 saturated heterocycles. The molecule has 1 amide bonds. The lowest BCUT2D eigenvalue weighted by molar-refractivity contribution is 0.136. The van der Waals surface area contributed by atoms with Crippen molar-refractivity contribution in [2.75, 3.05) is 31.1 Å². The number of piperazine rings is 1. The number of carbonyl (C=O) groups is 1. The predicted octanol–water partition coefficient (Wildman–Crippen LogP) is 7.09. The van der Waals surface area contributed by atoms with Crippen LogP contribution in [0.25, 0.3) is 28.0 Å². The summed E-state index contributed by atoms with van der Waals surface area (Å²) in [6.07, 6.45) is 1.81. The van der Waals surface area contributed by atoms with Crippen molar-refractivity contribution >= 4 is 31.3 Å². The molecule has 1 aliphatic rings. The summed E-state index contributed by atoms with van der Waals surface area (Å²) in [5.74, 6) is -2.34. The molecule has 0 aliphatic carbocycles. The summed E-state index contributed by atoms with van der Waals surface area (Å²) in [4.78, 5) is 42.8. The van der Waals surface area contributed by atoms with Crippen molar-refractivity contribution in [1.82, 2.24) is 24.4 Å². The number of anilines is 1. The van der Waals surface area contributed by atoms with Crippen molar-refractivity contribution < 1.29 is 28.2 Å². The summed E-state index contributed by atoms with van der Waals surface area (Å²) in [6, 6.07) is 6.20. The van der Waals surface area contributed by atoms with Gasteiger partial charge in [0, 0.05) is 38.5 Å². The number of rotatable bonds is 9. The second-order valence-corrected chi connectivity index (χ2v) is 19.5. The van der Waals surface area contributed by atoms with Gasteiger partial charge in [0.2, 0.25) is 0 Å². The lowest BCUT2D eigenvalue weighted by Crippen LogP contribution is -2.54. The topological polar surface area (TPSA) is 134 Å². The van der Waals surface area contributed by atoms with E-state index in [-0.39, 0.29) is 47.4 Å². The number of benzene rings is 1. The number of halogens is 2. The second-order valence-electron chi connectivity index (χ2n) is 14.7. The summed E-state index contributed by atoms with van der Waals surface area (Å²) >= 11 is 0. The van der Waals surface area contributed by atoms with E-state index in [0.717, 1.165) is 17.7 Å². The molecule has 14 heteroatoms. The van der Waals surface area contributed by atoms with E-state index in [1.54, 1.807) is 18.0 Å². The fourth-order valence-electron chi connectivity index (χ4n) is 6.10. The molecule has 1 fully saturated rings. The van der Waals surface area contributed by atoms with Gasteiger partial charge in [0.05, 0.1) is 22.3 Å². The van der Waals surface area contributed by atoms with Crippen molar-refractivity contribution in [2.24, 2.45) is 0 Å². The smallest absolute Gasteiger partial charge is 0.407 e. The van der Waals surface area contributed by atoms with E-state index in [0.29, 0.717) is 30.8 Å². The minimum absolute atomic E-state index is 0.000547. The maximum absolute atomic E-state index is 16.1. The van der Waals surface area contributed by atoms with Crippen LogP contribution in [-0.2, 0) is 10.8 Å². The molecule has 1 unspecified atom stereocenters. The number of aryl methyl sites for hydroxylation is 1. The first-order valence-electron chi connectivity index (χ1n) is 16.9. The van der Waals surface area contributed by atoms with Crippen LogP contribution in [0.4, 0.5) is 19.4 Å². The molecule has 3 aromatic heterocycles. The van der Waals surface area contributed by atoms with Gasteiger partial charge in [-0.05, 0) is 73.6 Å². The zero-order valence-corrected chi connectivity index (χ0v) is 30.9. The van der Waals surface area contributed by atoms with Gasteiger partial charge in [-0.1, -0.05) is 40.7 Å². The summed E-state index contributed by atoms with van der Waals surface area (Å²) in [7, 11) is -2.00. The molecule has 1 aromatic carbocycles. The molecular formula is C36H46F2N6O5Si. The molecule has 11 nitrogen and oxygen atoms in total. The third kappa shape index (κ3) is 7.08. The van der Waals surface area contributed by atoms with E-state index in [4.69, 9.17) is 4.43 Å². The van der Waals surface area contributed by atoms with E-state index >= 15 is 8.78 Å². The number of fused-ring (bicyclic) bond motifs is 1. The number of nitrogens with zero attached hydrogens (tertiary/aromatic N) is 6. The number of hydrogen-bond acceptors (Lipinski definition) is 8. The predicted molar refractivity (Wildman–Crippen MR) is 192 cm³/mol. The number of amides is 1. The molecular weight excluding hydrogens is 663 g/mol. The van der Waals surface area contributed by atoms with Gasteiger partial charge in [0.15, 0.2) is 19.8 Å². The molecule has 2 N–H and O–H groups in total. The molecule has 0 spiro atoms. The van der Waals surface area contributed by atoms with E-state index in [9.17, 15) is 19.8 Å². The molecule has 0 radical (unpaired) electrons. The maximum Gasteiger partial charge on any atom is 0.407 e. The highest BCUT2D eigenvalue weighted by molar-refractivity contribution is 6.74. The number of aromatic hydroxyl groups is 1. The first kappa shape index (κ1) is 36.8. The average molecular weight is 709 g/mol. The van der Waals surface area contributed by atoms with Crippen LogP contribution in [0, 0.1) is 11.6 Å². The fourth-order valence-corrected chi connectivity index (χ4v) is 7.18. The van der Waals surface area contributed by atoms with Gasteiger partial charge >= 0.3 is 11.8 Å². The molecule has 1 atom stereocenters. The Labute approximate surface area is 291 Å². The number of phenols is 1. The Bertz CT molecular complexity index is 1960. The Morgan fingerprint density at radius 2 is 1.84 bits per heavy atom. The van der Waals surface area contributed by atoms with Gasteiger partial charge in [0.1, 0.15) is 23.1 Å². The number of phenolic OH excluding ortho intramolecular Hbond substituents is 1. The monoisotopic (exact) mass is 708 g/mol. The highest BCUT2D eigenvalue weighted by Gasteiger charge is 2.37. The fraction of sp³-hybridized carbons (Fsp3) is 0.472. The number of hydrogen-bond donors (Lipinski definition) is 2. The first-order chi connectivity index (χ1) is 23.4. The first-order valence-corrected chi connectivity index (χ1v) is 19.8. The summed E-state index contributed by atoms with van der Waals surface area (Å²) in [6.45, 7) is 17.6. The van der Waals surface area contributed by atoms with E-state index in [1.165, 1.54) is 21.6 Å². The van der Waals surface area contributed by atoms with Crippen LogP contribution >= 0.6 is 0 Å². The molecule has 4 aromatic rings. The van der Waals surface area contributed by atoms with Crippen LogP contribution in [0.2, 0.25) is 18.1 Å². The largest absolute Gasteiger partial charge is 0.507 e. The quantitative estimate of drug-likeness (QED) is 0.138. The summed E-state index contributed by atoms with van der Waals surface area (Å²) in [5, 5.41) is 20.4. The van der Waals surface area contributed by atoms with Gasteiger partial charge in [-0.25, -0.2) is 27.9 Å². The van der Waals surface area contributed by atoms with Crippen molar-refractivity contribution in [3.05, 3.63) is 69.9 Å². The van der Waals surface area contributed by atoms with Crippen LogP contribution in [0.1, 0.15) is 65.1 Å². The van der Waals surface area contributed by atoms with Crippen LogP contribution in [0.15, 0.2) is 41.3 Å². The lowest BCUT2D eigenvalue weighted by Gasteiger charge is -2.39. The number of aromatic nitrogens is 4. The average Bonchev–Trinajstić information content (AvgIpc) is 3.02. The lowest BCUT2D eigenvalue weighted by atomic mass is 10.0. The maximum atomic E-state index is 16.1. The van der Waals surface area contributed by atoms with Crippen LogP contribution in [0.3, 0.4) is 0 Å². The number of pyridine rings is 2. The molecule has 268 valence electrons. The van der Waals surface area contributed by atoms with Crippen molar-refractivity contribution in [2.45, 2.75) is 84.5 Å². The van der Waals surface area contributed by atoms with Crippen molar-refractivity contribution in [3.63, 3.8) is 0 Å². The molecule has 50 heavy (non-hydrogen) atoms. The standard InChI is InChI=1S/C36H46F2N6O5Si/c1-21(2)29-31(23(14-15-39-29)11-10-18-49-50(7,8)36(4,5)6)44-33-24(19-26(38)30(40-33)28-25(37)12-9-13-27(28)45)32(41-34(44)46)43-17-16-42(35(47)48)20-22(43)3/h9,12-15,19,21-22,45H,10-11,16-18,20H2,1-8H3,(H,47,48). The Morgan fingerprint density at radius 1 is 1.12 bits per heavy atom. The van der Waals surface area contributed by atoms with E-state index < -0.39 is 54.8 Å². The highest BCUT2D eigenvalue weighted by atomic mass is 28.4. The SMILES string of the molecule is CC(C)c1nccc(CCCO[Si](C)(C)C(C)(C)C)c1-n1c(=O)nc(N2CCN(C(=O)O)CC2C)c2cc(F)c(-c3c(O)cccc3F)nc21. The molecule has 5 rings (SSSR count). The highest BCUT2D eigenvalue weighted by Crippen LogP contribution is 2.38. The van der Waals surface area contributed by atoms with Crippen LogP contribution in [0.5, 0.6) is 5.75 Å². The second kappa shape index (κ2) is 14.1. The van der Waals surface area contributed by atoms with Gasteiger partial charge in [-0.15, -0.1) is 0 Å². The van der Waals surface area contributed by atoms with Gasteiger partial charge in [-0.3, -0.25) is 4.98 Å². The zero-order chi connectivity index (χ0) is 36.7. The van der Waals surface area contributed by atoms with Crippen LogP contribution < -0.4 is 10.6 Å². The summed E-state index contributed by atoms with van der Waals surface area (Å²) < 4.78 is 39.0. The third-order valence-electron chi connectivity index (χ3n) is 9.87. The summed E-state index contributed by atoms with van der Waals surface area (Å²) in [5.41, 5.74) is 0.209. The minimum Gasteiger partial charge on any atom is -0.507 e. The Morgan fingerprint density at radius 3 is 2.46 bits per heavy atom. The van der Waals surface area contributed by atoms with Crippen LogP contribution in [-0.4, -0.2) is 81.3 Å². The third-order valence-corrected chi connectivity index (χ3v) is 14.4. The van der Waals surface area contributed by atoms with Gasteiger partial charge in [-0.2, -0.15) is 4.98 Å². The molecule has 0 saturated carbocycles. The number of carboxylic acid groups (broad SMARTS) is 1. The molecule has 1 aliphatic heterocycles. The van der Waals surface area contributed by atoms with E-state index in [1.807, 2.05) is 19.9 Å². The van der Waals surface area contributed by atoms with E-state index in [2.05, 4.69) is 48.8 Å². The Balaban J connectivity index is 1.74. The van der Waals surface area contributed by atoms with Gasteiger partial charge in [0.25, 0.3) is 0 Å².